The van der Waals surface area contributed by atoms with Gasteiger partial charge in [-0.15, -0.1) is 0 Å². The number of halogens is 1. The molecule has 0 amide bonds. The Morgan fingerprint density at radius 1 is 1.16 bits per heavy atom. The summed E-state index contributed by atoms with van der Waals surface area (Å²) >= 11 is 1.58. The summed E-state index contributed by atoms with van der Waals surface area (Å²) in [5, 5.41) is 4.73. The predicted molar refractivity (Wildman–Crippen MR) is 120 cm³/mol. The molecular formula is C22H24FN7S. The monoisotopic (exact) mass is 437 g/mol. The third kappa shape index (κ3) is 3.36. The Balaban J connectivity index is 1.32. The van der Waals surface area contributed by atoms with Gasteiger partial charge >= 0.3 is 0 Å². The Hall–Kier alpha value is -2.65. The summed E-state index contributed by atoms with van der Waals surface area (Å²) in [7, 11) is 2.14. The van der Waals surface area contributed by atoms with Gasteiger partial charge in [0, 0.05) is 43.1 Å². The van der Waals surface area contributed by atoms with E-state index in [1.54, 1.807) is 28.1 Å². The second kappa shape index (κ2) is 7.20. The topological polar surface area (TPSA) is 71.2 Å². The number of anilines is 1. The molecule has 2 saturated heterocycles. The molecule has 6 heterocycles. The number of aryl methyl sites for hydroxylation is 1. The number of hydrogen-bond acceptors (Lipinski definition) is 7. The Morgan fingerprint density at radius 3 is 2.77 bits per heavy atom. The summed E-state index contributed by atoms with van der Waals surface area (Å²) in [5.74, 6) is 0.115. The maximum absolute atomic E-state index is 14.5. The number of fused-ring (bicyclic) bond motifs is 4. The van der Waals surface area contributed by atoms with Crippen molar-refractivity contribution in [1.29, 1.82) is 0 Å². The minimum atomic E-state index is -0.379. The van der Waals surface area contributed by atoms with E-state index in [0.29, 0.717) is 35.2 Å². The number of nitrogens with one attached hydrogen (secondary N) is 1. The smallest absolute Gasteiger partial charge is 0.187 e. The number of thiazole rings is 1. The minimum absolute atomic E-state index is 0.316. The zero-order valence-electron chi connectivity index (χ0n) is 17.5. The molecule has 7 nitrogen and oxygen atoms in total. The maximum Gasteiger partial charge on any atom is 0.187 e. The summed E-state index contributed by atoms with van der Waals surface area (Å²) in [6.45, 7) is 1.85. The minimum Gasteiger partial charge on any atom is -0.348 e. The molecule has 0 aromatic carbocycles. The summed E-state index contributed by atoms with van der Waals surface area (Å²) in [6, 6.07) is 3.19. The van der Waals surface area contributed by atoms with Crippen LogP contribution in [0.3, 0.4) is 0 Å². The first-order valence-corrected chi connectivity index (χ1v) is 11.6. The molecule has 1 N–H and O–H groups in total. The molecule has 31 heavy (non-hydrogen) atoms. The van der Waals surface area contributed by atoms with Crippen LogP contribution in [0.1, 0.15) is 37.8 Å². The van der Waals surface area contributed by atoms with Crippen molar-refractivity contribution in [3.8, 4) is 11.4 Å². The first-order valence-electron chi connectivity index (χ1n) is 10.8. The largest absolute Gasteiger partial charge is 0.348 e. The molecule has 6 rings (SSSR count). The van der Waals surface area contributed by atoms with E-state index >= 15 is 0 Å². The zero-order chi connectivity index (χ0) is 21.1. The quantitative estimate of drug-likeness (QED) is 0.523. The third-order valence-electron chi connectivity index (χ3n) is 6.56. The van der Waals surface area contributed by atoms with Gasteiger partial charge in [0.1, 0.15) is 10.3 Å². The average Bonchev–Trinajstić information content (AvgIpc) is 3.35. The second-order valence-corrected chi connectivity index (χ2v) is 9.75. The van der Waals surface area contributed by atoms with Gasteiger partial charge in [-0.3, -0.25) is 0 Å². The highest BCUT2D eigenvalue weighted by molar-refractivity contribution is 7.21. The normalized spacial score (nSPS) is 23.5. The fraction of sp³-hybridized carbons (Fsp3) is 0.455. The molecule has 4 aromatic heterocycles. The van der Waals surface area contributed by atoms with E-state index in [-0.39, 0.29) is 5.82 Å². The van der Waals surface area contributed by atoms with Crippen molar-refractivity contribution in [1.82, 2.24) is 29.7 Å². The van der Waals surface area contributed by atoms with Crippen LogP contribution in [0, 0.1) is 12.7 Å². The van der Waals surface area contributed by atoms with Gasteiger partial charge in [-0.25, -0.2) is 24.3 Å². The van der Waals surface area contributed by atoms with Crippen molar-refractivity contribution < 1.29 is 4.39 Å². The average molecular weight is 438 g/mol. The highest BCUT2D eigenvalue weighted by atomic mass is 32.1. The van der Waals surface area contributed by atoms with E-state index in [9.17, 15) is 4.39 Å². The van der Waals surface area contributed by atoms with Crippen molar-refractivity contribution in [2.24, 2.45) is 0 Å². The summed E-state index contributed by atoms with van der Waals surface area (Å²) < 4.78 is 16.2. The molecule has 2 aliphatic heterocycles. The van der Waals surface area contributed by atoms with Crippen LogP contribution in [0.15, 0.2) is 24.7 Å². The number of rotatable bonds is 3. The lowest BCUT2D eigenvalue weighted by Gasteiger charge is -2.43. The highest BCUT2D eigenvalue weighted by Crippen LogP contribution is 2.34. The van der Waals surface area contributed by atoms with E-state index in [1.165, 1.54) is 25.3 Å². The van der Waals surface area contributed by atoms with Crippen molar-refractivity contribution in [3.63, 3.8) is 0 Å². The van der Waals surface area contributed by atoms with Crippen LogP contribution in [0.5, 0.6) is 0 Å². The Morgan fingerprint density at radius 2 is 1.97 bits per heavy atom. The Kier molecular flexibility index (Phi) is 4.43. The van der Waals surface area contributed by atoms with Gasteiger partial charge < -0.3 is 14.6 Å². The molecule has 1 unspecified atom stereocenters. The van der Waals surface area contributed by atoms with E-state index < -0.39 is 0 Å². The maximum atomic E-state index is 14.5. The molecule has 2 fully saturated rings. The number of piperidine rings is 2. The number of hydrogen-bond donors (Lipinski definition) is 1. The van der Waals surface area contributed by atoms with Crippen LogP contribution < -0.4 is 10.2 Å². The van der Waals surface area contributed by atoms with Gasteiger partial charge in [-0.2, -0.15) is 0 Å². The van der Waals surface area contributed by atoms with Crippen LogP contribution in [-0.2, 0) is 0 Å². The number of nitrogens with zero attached hydrogens (tertiary/aromatic N) is 6. The first kappa shape index (κ1) is 19.1. The van der Waals surface area contributed by atoms with Crippen LogP contribution in [0.2, 0.25) is 0 Å². The molecule has 2 bridgehead atoms. The first-order chi connectivity index (χ1) is 15.0. The van der Waals surface area contributed by atoms with Gasteiger partial charge in [-0.1, -0.05) is 17.8 Å². The molecule has 9 heteroatoms. The van der Waals surface area contributed by atoms with Crippen LogP contribution in [0.25, 0.3) is 27.4 Å². The molecule has 160 valence electrons. The molecule has 0 spiro atoms. The van der Waals surface area contributed by atoms with Crippen LogP contribution in [-0.4, -0.2) is 49.5 Å². The third-order valence-corrected chi connectivity index (χ3v) is 7.62. The molecule has 0 aliphatic carbocycles. The molecule has 0 radical (unpaired) electrons. The van der Waals surface area contributed by atoms with Gasteiger partial charge in [-0.05, 0) is 38.7 Å². The molecule has 0 saturated carbocycles. The second-order valence-electron chi connectivity index (χ2n) is 8.80. The number of aromatic nitrogens is 5. The van der Waals surface area contributed by atoms with Crippen molar-refractivity contribution in [2.45, 2.75) is 57.2 Å². The predicted octanol–water partition coefficient (Wildman–Crippen LogP) is 3.96. The number of pyridine rings is 1. The fourth-order valence-electron chi connectivity index (χ4n) is 5.02. The fourth-order valence-corrected chi connectivity index (χ4v) is 5.97. The van der Waals surface area contributed by atoms with Crippen molar-refractivity contribution in [2.75, 3.05) is 11.9 Å². The molecule has 4 aromatic rings. The van der Waals surface area contributed by atoms with Crippen LogP contribution >= 0.6 is 11.3 Å². The van der Waals surface area contributed by atoms with E-state index in [1.807, 2.05) is 13.1 Å². The summed E-state index contributed by atoms with van der Waals surface area (Å²) in [5.41, 5.74) is 2.49. The van der Waals surface area contributed by atoms with Gasteiger partial charge in [0.25, 0.3) is 0 Å². The van der Waals surface area contributed by atoms with Gasteiger partial charge in [0.05, 0.1) is 11.9 Å². The summed E-state index contributed by atoms with van der Waals surface area (Å²) in [4.78, 5) is 21.3. The standard InChI is InChI=1S/C22H24FN7S/c1-12-10-30-11-13(6-17(23)20(30)25-12)19-24-9-18-21(28-19)31-22(27-18)29(2)16-7-14-4-3-5-15(8-16)26-14/h6,9-11,14-16,26H,3-5,7-8H2,1-2H3/t14-,15+,16?. The molecular weight excluding hydrogens is 413 g/mol. The lowest BCUT2D eigenvalue weighted by molar-refractivity contribution is 0.219. The SMILES string of the molecule is Cc1cn2cc(-c3ncc4nc(N(C)C5C[C@H]6CCC[C@@H](C5)N6)sc4n3)cc(F)c2n1. The lowest BCUT2D eigenvalue weighted by atomic mass is 9.83. The van der Waals surface area contributed by atoms with Gasteiger partial charge in [0.15, 0.2) is 22.4 Å². The molecule has 3 atom stereocenters. The van der Waals surface area contributed by atoms with Crippen molar-refractivity contribution >= 4 is 32.5 Å². The van der Waals surface area contributed by atoms with Gasteiger partial charge in [0.2, 0.25) is 0 Å². The van der Waals surface area contributed by atoms with E-state index in [2.05, 4.69) is 27.2 Å². The Bertz CT molecular complexity index is 1270. The lowest BCUT2D eigenvalue weighted by Crippen LogP contribution is -2.54. The summed E-state index contributed by atoms with van der Waals surface area (Å²) in [6.07, 6.45) is 11.6. The van der Waals surface area contributed by atoms with Crippen molar-refractivity contribution in [3.05, 3.63) is 36.2 Å². The van der Waals surface area contributed by atoms with Crippen LogP contribution in [0.4, 0.5) is 9.52 Å². The Labute approximate surface area is 183 Å². The van der Waals surface area contributed by atoms with E-state index in [4.69, 9.17) is 9.97 Å². The number of imidazole rings is 1. The van der Waals surface area contributed by atoms with E-state index in [0.717, 1.165) is 34.0 Å². The zero-order valence-corrected chi connectivity index (χ0v) is 18.4. The highest BCUT2D eigenvalue weighted by Gasteiger charge is 2.33. The molecule has 2 aliphatic rings.